The van der Waals surface area contributed by atoms with Gasteiger partial charge in [-0.15, -0.1) is 21.5 Å². The molecule has 0 saturated carbocycles. The van der Waals surface area contributed by atoms with Crippen molar-refractivity contribution in [2.24, 2.45) is 5.73 Å². The maximum atomic E-state index is 15.5. The zero-order valence-electron chi connectivity index (χ0n) is 21.6. The lowest BCUT2D eigenvalue weighted by atomic mass is 10.0. The predicted octanol–water partition coefficient (Wildman–Crippen LogP) is 5.43. The monoisotopic (exact) mass is 572 g/mol. The number of fused-ring (bicyclic) bond motifs is 1. The fraction of sp³-hybridized carbons (Fsp3) is 0.207. The number of benzene rings is 2. The fourth-order valence-electron chi connectivity index (χ4n) is 4.94. The molecular formula is C29H25FN6O2S2. The van der Waals surface area contributed by atoms with Crippen LogP contribution in [-0.2, 0) is 0 Å². The number of nitrogens with two attached hydrogens (primary N) is 1. The fourth-order valence-corrected chi connectivity index (χ4v) is 6.68. The first-order valence-electron chi connectivity index (χ1n) is 12.8. The molecule has 1 atom stereocenters. The van der Waals surface area contributed by atoms with Crippen LogP contribution in [0.15, 0.2) is 60.8 Å². The number of nitrogens with zero attached hydrogens (tertiary/aromatic N) is 4. The standard InChI is InChI=1S/C29H25FN6O2S2/c1-16-34-35-28(39-16)19-8-9-21(23(30)13-19)29(38)36(20-3-2-11-32-15-20)27-22-14-25(40-24(22)10-12-33-27)17-4-6-18(7-5-17)26(31)37/h4-10,12-14,20,32H,2-3,11,15H2,1H3,(H2,31,37)/t20-/m1/s1. The van der Waals surface area contributed by atoms with E-state index in [1.165, 1.54) is 23.5 Å². The molecule has 1 fully saturated rings. The summed E-state index contributed by atoms with van der Waals surface area (Å²) in [5.41, 5.74) is 7.30. The van der Waals surface area contributed by atoms with Crippen molar-refractivity contribution in [2.75, 3.05) is 18.0 Å². The predicted molar refractivity (Wildman–Crippen MR) is 156 cm³/mol. The van der Waals surface area contributed by atoms with Gasteiger partial charge in [0.15, 0.2) is 0 Å². The molecule has 4 heterocycles. The second kappa shape index (κ2) is 10.8. The Balaban J connectivity index is 1.41. The molecule has 202 valence electrons. The third kappa shape index (κ3) is 4.99. The Hall–Kier alpha value is -4.06. The summed E-state index contributed by atoms with van der Waals surface area (Å²) < 4.78 is 16.5. The number of piperidine rings is 1. The number of hydrogen-bond acceptors (Lipinski definition) is 8. The minimum atomic E-state index is -0.614. The zero-order valence-corrected chi connectivity index (χ0v) is 23.2. The lowest BCUT2D eigenvalue weighted by Crippen LogP contribution is -2.49. The average molecular weight is 573 g/mol. The molecule has 6 rings (SSSR count). The summed E-state index contributed by atoms with van der Waals surface area (Å²) in [5, 5.41) is 13.7. The first kappa shape index (κ1) is 26.2. The number of rotatable bonds is 6. The molecule has 3 N–H and O–H groups in total. The van der Waals surface area contributed by atoms with Gasteiger partial charge in [-0.1, -0.05) is 29.5 Å². The van der Waals surface area contributed by atoms with Gasteiger partial charge in [0.05, 0.1) is 11.6 Å². The lowest BCUT2D eigenvalue weighted by Gasteiger charge is -2.34. The van der Waals surface area contributed by atoms with E-state index in [2.05, 4.69) is 20.5 Å². The van der Waals surface area contributed by atoms with E-state index in [0.29, 0.717) is 28.5 Å². The smallest absolute Gasteiger partial charge is 0.262 e. The molecule has 0 unspecified atom stereocenters. The lowest BCUT2D eigenvalue weighted by molar-refractivity contribution is 0.0966. The van der Waals surface area contributed by atoms with Gasteiger partial charge in [0.25, 0.3) is 5.91 Å². The largest absolute Gasteiger partial charge is 0.366 e. The quantitative estimate of drug-likeness (QED) is 0.281. The number of carbonyl (C=O) groups excluding carboxylic acids is 2. The van der Waals surface area contributed by atoms with Crippen LogP contribution in [0.2, 0.25) is 0 Å². The number of pyridine rings is 1. The van der Waals surface area contributed by atoms with Crippen molar-refractivity contribution in [3.63, 3.8) is 0 Å². The van der Waals surface area contributed by atoms with Crippen LogP contribution >= 0.6 is 22.7 Å². The van der Waals surface area contributed by atoms with Crippen LogP contribution in [0.5, 0.6) is 0 Å². The molecule has 0 spiro atoms. The average Bonchev–Trinajstić information content (AvgIpc) is 3.61. The normalized spacial score (nSPS) is 15.3. The summed E-state index contributed by atoms with van der Waals surface area (Å²) in [6.07, 6.45) is 3.34. The SMILES string of the molecule is Cc1nnc(-c2ccc(C(=O)N(c3nccc4sc(-c5ccc(C(N)=O)cc5)cc34)[C@@H]3CCCNC3)c(F)c2)s1. The number of anilines is 1. The van der Waals surface area contributed by atoms with E-state index < -0.39 is 17.6 Å². The molecule has 1 aliphatic rings. The van der Waals surface area contributed by atoms with Crippen molar-refractivity contribution < 1.29 is 14.0 Å². The van der Waals surface area contributed by atoms with Crippen LogP contribution in [0.3, 0.4) is 0 Å². The van der Waals surface area contributed by atoms with Gasteiger partial charge in [-0.05, 0) is 68.3 Å². The summed E-state index contributed by atoms with van der Waals surface area (Å²) in [6, 6.07) is 15.4. The van der Waals surface area contributed by atoms with Crippen molar-refractivity contribution in [1.82, 2.24) is 20.5 Å². The number of aromatic nitrogens is 3. The molecule has 40 heavy (non-hydrogen) atoms. The number of amides is 2. The molecule has 0 aliphatic carbocycles. The Morgan fingerprint density at radius 2 is 1.85 bits per heavy atom. The summed E-state index contributed by atoms with van der Waals surface area (Å²) >= 11 is 2.93. The maximum Gasteiger partial charge on any atom is 0.262 e. The number of thiophene rings is 1. The van der Waals surface area contributed by atoms with Gasteiger partial charge >= 0.3 is 0 Å². The Kier molecular flexibility index (Phi) is 7.09. The van der Waals surface area contributed by atoms with Gasteiger partial charge in [-0.3, -0.25) is 14.5 Å². The summed E-state index contributed by atoms with van der Waals surface area (Å²) in [7, 11) is 0. The molecule has 1 aliphatic heterocycles. The topological polar surface area (TPSA) is 114 Å². The molecule has 0 bridgehead atoms. The number of aryl methyl sites for hydroxylation is 1. The third-order valence-electron chi connectivity index (χ3n) is 6.93. The first-order valence-corrected chi connectivity index (χ1v) is 14.5. The minimum Gasteiger partial charge on any atom is -0.366 e. The molecular weight excluding hydrogens is 547 g/mol. The van der Waals surface area contributed by atoms with Crippen molar-refractivity contribution in [3.05, 3.63) is 82.7 Å². The van der Waals surface area contributed by atoms with Gasteiger partial charge in [0.1, 0.15) is 21.7 Å². The Labute approximate surface area is 237 Å². The maximum absolute atomic E-state index is 15.5. The van der Waals surface area contributed by atoms with Crippen LogP contribution in [0.4, 0.5) is 10.2 Å². The van der Waals surface area contributed by atoms with Gasteiger partial charge in [0, 0.05) is 38.8 Å². The molecule has 2 aromatic carbocycles. The van der Waals surface area contributed by atoms with Gasteiger partial charge in [-0.2, -0.15) is 0 Å². The molecule has 0 radical (unpaired) electrons. The molecule has 3 aromatic heterocycles. The number of carbonyl (C=O) groups is 2. The minimum absolute atomic E-state index is 0.0214. The van der Waals surface area contributed by atoms with Crippen LogP contribution in [0.1, 0.15) is 38.6 Å². The van der Waals surface area contributed by atoms with E-state index in [1.54, 1.807) is 40.6 Å². The van der Waals surface area contributed by atoms with E-state index in [9.17, 15) is 9.59 Å². The van der Waals surface area contributed by atoms with Gasteiger partial charge in [-0.25, -0.2) is 9.37 Å². The summed E-state index contributed by atoms with van der Waals surface area (Å²) in [4.78, 5) is 32.8. The Morgan fingerprint density at radius 3 is 2.52 bits per heavy atom. The second-order valence-electron chi connectivity index (χ2n) is 9.59. The highest BCUT2D eigenvalue weighted by atomic mass is 32.1. The number of halogens is 1. The van der Waals surface area contributed by atoms with E-state index in [1.807, 2.05) is 31.2 Å². The van der Waals surface area contributed by atoms with Crippen LogP contribution in [0, 0.1) is 12.7 Å². The highest BCUT2D eigenvalue weighted by Gasteiger charge is 2.32. The number of hydrogen-bond donors (Lipinski definition) is 2. The van der Waals surface area contributed by atoms with Crippen LogP contribution < -0.4 is 16.0 Å². The van der Waals surface area contributed by atoms with Gasteiger partial charge in [0.2, 0.25) is 5.91 Å². The van der Waals surface area contributed by atoms with Crippen molar-refractivity contribution in [2.45, 2.75) is 25.8 Å². The molecule has 1 saturated heterocycles. The highest BCUT2D eigenvalue weighted by Crippen LogP contribution is 2.39. The van der Waals surface area contributed by atoms with E-state index >= 15 is 4.39 Å². The van der Waals surface area contributed by atoms with Crippen LogP contribution in [0.25, 0.3) is 31.1 Å². The van der Waals surface area contributed by atoms with Crippen molar-refractivity contribution in [1.29, 1.82) is 0 Å². The Bertz CT molecular complexity index is 1730. The van der Waals surface area contributed by atoms with Crippen molar-refractivity contribution >= 4 is 50.4 Å². The first-order chi connectivity index (χ1) is 19.4. The second-order valence-corrected chi connectivity index (χ2v) is 11.9. The molecule has 11 heteroatoms. The zero-order chi connectivity index (χ0) is 27.8. The summed E-state index contributed by atoms with van der Waals surface area (Å²) in [6.45, 7) is 3.29. The van der Waals surface area contributed by atoms with E-state index in [4.69, 9.17) is 5.73 Å². The molecule has 8 nitrogen and oxygen atoms in total. The summed E-state index contributed by atoms with van der Waals surface area (Å²) in [5.74, 6) is -1.04. The van der Waals surface area contributed by atoms with E-state index in [-0.39, 0.29) is 11.6 Å². The molecule has 5 aromatic rings. The van der Waals surface area contributed by atoms with Crippen molar-refractivity contribution in [3.8, 4) is 21.0 Å². The third-order valence-corrected chi connectivity index (χ3v) is 8.97. The van der Waals surface area contributed by atoms with Gasteiger partial charge < -0.3 is 11.1 Å². The number of nitrogens with one attached hydrogen (secondary N) is 1. The Morgan fingerprint density at radius 1 is 1.05 bits per heavy atom. The number of primary amides is 1. The molecule has 2 amide bonds. The highest BCUT2D eigenvalue weighted by molar-refractivity contribution is 7.22. The van der Waals surface area contributed by atoms with E-state index in [0.717, 1.165) is 44.9 Å². The van der Waals surface area contributed by atoms with Crippen LogP contribution in [-0.4, -0.2) is 46.1 Å².